The second-order valence-corrected chi connectivity index (χ2v) is 6.22. The summed E-state index contributed by atoms with van der Waals surface area (Å²) in [4.78, 5) is 14.9. The minimum Gasteiger partial charge on any atom is -0.296 e. The molecule has 1 heterocycles. The molecule has 1 fully saturated rings. The molecule has 110 valence electrons. The van der Waals surface area contributed by atoms with E-state index in [2.05, 4.69) is 30.9 Å². The van der Waals surface area contributed by atoms with E-state index in [1.807, 2.05) is 6.92 Å². The van der Waals surface area contributed by atoms with Crippen LogP contribution in [0.3, 0.4) is 0 Å². The van der Waals surface area contributed by atoms with Crippen LogP contribution >= 0.6 is 0 Å². The molecule has 0 amide bonds. The van der Waals surface area contributed by atoms with Crippen LogP contribution in [0.5, 0.6) is 0 Å². The topological polar surface area (TPSA) is 20.3 Å². The van der Waals surface area contributed by atoms with Gasteiger partial charge in [0.15, 0.2) is 5.78 Å². The largest absolute Gasteiger partial charge is 0.296 e. The van der Waals surface area contributed by atoms with E-state index >= 15 is 0 Å². The second-order valence-electron chi connectivity index (χ2n) is 6.22. The van der Waals surface area contributed by atoms with Gasteiger partial charge in [-0.1, -0.05) is 25.3 Å². The number of ketones is 1. The van der Waals surface area contributed by atoms with Gasteiger partial charge in [0.2, 0.25) is 0 Å². The summed E-state index contributed by atoms with van der Waals surface area (Å²) in [6.45, 7) is 8.98. The minimum atomic E-state index is 0.283. The highest BCUT2D eigenvalue weighted by Gasteiger charge is 2.16. The lowest BCUT2D eigenvalue weighted by molar-refractivity contribution is 0.0923. The van der Waals surface area contributed by atoms with Gasteiger partial charge in [-0.05, 0) is 69.5 Å². The van der Waals surface area contributed by atoms with E-state index in [0.717, 1.165) is 24.2 Å². The van der Waals surface area contributed by atoms with E-state index in [9.17, 15) is 4.79 Å². The molecule has 0 aromatic heterocycles. The third kappa shape index (κ3) is 3.92. The van der Waals surface area contributed by atoms with Gasteiger partial charge < -0.3 is 0 Å². The van der Waals surface area contributed by atoms with Gasteiger partial charge in [-0.2, -0.15) is 0 Å². The fourth-order valence-corrected chi connectivity index (χ4v) is 3.02. The Hall–Kier alpha value is -1.15. The molecule has 1 aromatic rings. The summed E-state index contributed by atoms with van der Waals surface area (Å²) in [6, 6.07) is 4.20. The summed E-state index contributed by atoms with van der Waals surface area (Å²) in [6.07, 6.45) is 6.46. The van der Waals surface area contributed by atoms with Crippen molar-refractivity contribution in [3.63, 3.8) is 0 Å². The smallest absolute Gasteiger partial charge is 0.177 e. The third-order valence-corrected chi connectivity index (χ3v) is 4.46. The Bertz CT molecular complexity index is 471. The molecule has 20 heavy (non-hydrogen) atoms. The van der Waals surface area contributed by atoms with Crippen LogP contribution in [0, 0.1) is 20.8 Å². The molecule has 2 nitrogen and oxygen atoms in total. The lowest BCUT2D eigenvalue weighted by Gasteiger charge is -2.24. The van der Waals surface area contributed by atoms with Gasteiger partial charge in [0.25, 0.3) is 0 Å². The standard InChI is InChI=1S/C18H27NO/c1-14-11-16(3)17(12-15(14)2)18(20)13-19-9-7-5-4-6-8-10-19/h11-12H,4-10,13H2,1-3H3. The highest BCUT2D eigenvalue weighted by molar-refractivity contribution is 5.99. The van der Waals surface area contributed by atoms with E-state index in [1.165, 1.54) is 43.2 Å². The molecule has 2 heteroatoms. The van der Waals surface area contributed by atoms with Gasteiger partial charge in [-0.15, -0.1) is 0 Å². The van der Waals surface area contributed by atoms with E-state index in [0.29, 0.717) is 6.54 Å². The van der Waals surface area contributed by atoms with Crippen LogP contribution in [-0.2, 0) is 0 Å². The molecule has 0 aliphatic carbocycles. The highest BCUT2D eigenvalue weighted by atomic mass is 16.1. The van der Waals surface area contributed by atoms with Crippen LogP contribution in [0.2, 0.25) is 0 Å². The van der Waals surface area contributed by atoms with Crippen LogP contribution in [0.15, 0.2) is 12.1 Å². The average Bonchev–Trinajstić information content (AvgIpc) is 2.36. The van der Waals surface area contributed by atoms with Crippen molar-refractivity contribution in [3.8, 4) is 0 Å². The van der Waals surface area contributed by atoms with Crippen molar-refractivity contribution in [2.45, 2.75) is 52.9 Å². The number of rotatable bonds is 3. The van der Waals surface area contributed by atoms with Gasteiger partial charge >= 0.3 is 0 Å². The summed E-state index contributed by atoms with van der Waals surface area (Å²) < 4.78 is 0. The van der Waals surface area contributed by atoms with Crippen LogP contribution in [0.25, 0.3) is 0 Å². The number of carbonyl (C=O) groups is 1. The van der Waals surface area contributed by atoms with E-state index in [4.69, 9.17) is 0 Å². The Labute approximate surface area is 123 Å². The molecule has 2 rings (SSSR count). The average molecular weight is 273 g/mol. The molecule has 0 atom stereocenters. The zero-order valence-electron chi connectivity index (χ0n) is 13.2. The predicted octanol–water partition coefficient (Wildman–Crippen LogP) is 4.06. The molecule has 0 bridgehead atoms. The number of likely N-dealkylation sites (tertiary alicyclic amines) is 1. The molecular formula is C18H27NO. The minimum absolute atomic E-state index is 0.283. The summed E-state index contributed by atoms with van der Waals surface area (Å²) in [7, 11) is 0. The monoisotopic (exact) mass is 273 g/mol. The number of nitrogens with zero attached hydrogens (tertiary/aromatic N) is 1. The molecule has 1 aromatic carbocycles. The van der Waals surface area contributed by atoms with Gasteiger partial charge in [0.05, 0.1) is 6.54 Å². The maximum Gasteiger partial charge on any atom is 0.177 e. The van der Waals surface area contributed by atoms with Crippen molar-refractivity contribution < 1.29 is 4.79 Å². The molecule has 0 radical (unpaired) electrons. The number of benzene rings is 1. The molecule has 0 saturated carbocycles. The SMILES string of the molecule is Cc1cc(C)c(C(=O)CN2CCCCCCC2)cc1C. The first kappa shape index (κ1) is 15.2. The first-order valence-corrected chi connectivity index (χ1v) is 7.91. The number of hydrogen-bond donors (Lipinski definition) is 0. The fraction of sp³-hybridized carbons (Fsp3) is 0.611. The van der Waals surface area contributed by atoms with Crippen LogP contribution in [0.4, 0.5) is 0 Å². The molecule has 0 N–H and O–H groups in total. The number of aryl methyl sites for hydroxylation is 3. The van der Waals surface area contributed by atoms with Gasteiger partial charge in [-0.25, -0.2) is 0 Å². The zero-order chi connectivity index (χ0) is 14.5. The van der Waals surface area contributed by atoms with E-state index in [1.54, 1.807) is 0 Å². The summed E-state index contributed by atoms with van der Waals surface area (Å²) >= 11 is 0. The van der Waals surface area contributed by atoms with Crippen LogP contribution < -0.4 is 0 Å². The van der Waals surface area contributed by atoms with E-state index in [-0.39, 0.29) is 5.78 Å². The van der Waals surface area contributed by atoms with Crippen molar-refractivity contribution in [3.05, 3.63) is 34.4 Å². The van der Waals surface area contributed by atoms with Gasteiger partial charge in [-0.3, -0.25) is 9.69 Å². The lowest BCUT2D eigenvalue weighted by Crippen LogP contribution is -2.33. The quantitative estimate of drug-likeness (QED) is 0.774. The molecule has 0 spiro atoms. The Morgan fingerprint density at radius 2 is 1.45 bits per heavy atom. The molecule has 0 unspecified atom stereocenters. The maximum absolute atomic E-state index is 12.6. The van der Waals surface area contributed by atoms with E-state index < -0.39 is 0 Å². The third-order valence-electron chi connectivity index (χ3n) is 4.46. The summed E-state index contributed by atoms with van der Waals surface area (Å²) in [5, 5.41) is 0. The molecule has 1 aliphatic heterocycles. The molecular weight excluding hydrogens is 246 g/mol. The number of carbonyl (C=O) groups excluding carboxylic acids is 1. The zero-order valence-corrected chi connectivity index (χ0v) is 13.2. The van der Waals surface area contributed by atoms with Gasteiger partial charge in [0, 0.05) is 5.56 Å². The van der Waals surface area contributed by atoms with Crippen LogP contribution in [-0.4, -0.2) is 30.3 Å². The fourth-order valence-electron chi connectivity index (χ4n) is 3.02. The first-order valence-electron chi connectivity index (χ1n) is 7.91. The van der Waals surface area contributed by atoms with Crippen molar-refractivity contribution in [2.24, 2.45) is 0 Å². The van der Waals surface area contributed by atoms with Crippen molar-refractivity contribution in [2.75, 3.05) is 19.6 Å². The second kappa shape index (κ2) is 7.03. The summed E-state index contributed by atoms with van der Waals surface area (Å²) in [5.74, 6) is 0.283. The highest BCUT2D eigenvalue weighted by Crippen LogP contribution is 2.17. The normalized spacial score (nSPS) is 17.6. The maximum atomic E-state index is 12.6. The van der Waals surface area contributed by atoms with Crippen molar-refractivity contribution in [1.82, 2.24) is 4.90 Å². The Balaban J connectivity index is 2.05. The van der Waals surface area contributed by atoms with Crippen molar-refractivity contribution >= 4 is 5.78 Å². The van der Waals surface area contributed by atoms with Crippen LogP contribution in [0.1, 0.15) is 59.2 Å². The van der Waals surface area contributed by atoms with Crippen molar-refractivity contribution in [1.29, 1.82) is 0 Å². The Morgan fingerprint density at radius 3 is 2.10 bits per heavy atom. The first-order chi connectivity index (χ1) is 9.58. The summed E-state index contributed by atoms with van der Waals surface area (Å²) in [5.41, 5.74) is 4.51. The van der Waals surface area contributed by atoms with Gasteiger partial charge in [0.1, 0.15) is 0 Å². The predicted molar refractivity (Wildman–Crippen MR) is 84.5 cm³/mol. The molecule has 1 saturated heterocycles. The number of Topliss-reactive ketones (excluding diaryl/α,β-unsaturated/α-hetero) is 1. The lowest BCUT2D eigenvalue weighted by atomic mass is 9.97. The Kier molecular flexibility index (Phi) is 5.36. The number of hydrogen-bond acceptors (Lipinski definition) is 2. The molecule has 1 aliphatic rings. The Morgan fingerprint density at radius 1 is 0.900 bits per heavy atom.